The molecule has 0 fully saturated rings. The molecule has 0 amide bonds. The Labute approximate surface area is 137 Å². The predicted octanol–water partition coefficient (Wildman–Crippen LogP) is 2.47. The van der Waals surface area contributed by atoms with Crippen LogP contribution in [0.15, 0.2) is 12.1 Å². The first kappa shape index (κ1) is 19.1. The lowest BCUT2D eigenvalue weighted by atomic mass is 9.84. The Morgan fingerprint density at radius 2 is 1.91 bits per heavy atom. The summed E-state index contributed by atoms with van der Waals surface area (Å²) in [6.07, 6.45) is 1.82. The predicted molar refractivity (Wildman–Crippen MR) is 88.4 cm³/mol. The van der Waals surface area contributed by atoms with Crippen molar-refractivity contribution in [3.63, 3.8) is 0 Å². The van der Waals surface area contributed by atoms with Crippen LogP contribution in [-0.2, 0) is 11.2 Å². The fourth-order valence-electron chi connectivity index (χ4n) is 2.64. The number of methoxy groups -OCH3 is 3. The number of benzene rings is 1. The number of hydrogen-bond acceptors (Lipinski definition) is 5. The van der Waals surface area contributed by atoms with Crippen LogP contribution < -0.4 is 19.9 Å². The van der Waals surface area contributed by atoms with E-state index in [0.717, 1.165) is 12.0 Å². The average molecular weight is 325 g/mol. The van der Waals surface area contributed by atoms with E-state index in [4.69, 9.17) is 19.9 Å². The van der Waals surface area contributed by atoms with Crippen molar-refractivity contribution in [1.29, 1.82) is 0 Å². The van der Waals surface area contributed by atoms with Crippen molar-refractivity contribution in [3.05, 3.63) is 17.7 Å². The summed E-state index contributed by atoms with van der Waals surface area (Å²) in [6.45, 7) is 3.56. The van der Waals surface area contributed by atoms with E-state index in [9.17, 15) is 9.90 Å². The fourth-order valence-corrected chi connectivity index (χ4v) is 2.64. The van der Waals surface area contributed by atoms with Gasteiger partial charge in [-0.05, 0) is 31.7 Å². The van der Waals surface area contributed by atoms with Crippen molar-refractivity contribution in [2.45, 2.75) is 38.6 Å². The van der Waals surface area contributed by atoms with Gasteiger partial charge in [0.25, 0.3) is 0 Å². The van der Waals surface area contributed by atoms with Gasteiger partial charge in [0, 0.05) is 11.6 Å². The van der Waals surface area contributed by atoms with Crippen LogP contribution in [0.4, 0.5) is 0 Å². The first-order valence-corrected chi connectivity index (χ1v) is 7.60. The minimum absolute atomic E-state index is 0.104. The lowest BCUT2D eigenvalue weighted by Crippen LogP contribution is -2.46. The molecule has 0 spiro atoms. The highest BCUT2D eigenvalue weighted by molar-refractivity contribution is 5.77. The van der Waals surface area contributed by atoms with Crippen LogP contribution in [0.2, 0.25) is 0 Å². The second kappa shape index (κ2) is 8.06. The molecule has 6 nitrogen and oxygen atoms in total. The van der Waals surface area contributed by atoms with E-state index in [1.807, 2.05) is 13.0 Å². The Morgan fingerprint density at radius 3 is 2.35 bits per heavy atom. The highest BCUT2D eigenvalue weighted by atomic mass is 16.5. The van der Waals surface area contributed by atoms with E-state index in [0.29, 0.717) is 30.1 Å². The van der Waals surface area contributed by atoms with E-state index in [1.165, 1.54) is 0 Å². The molecule has 1 aromatic carbocycles. The highest BCUT2D eigenvalue weighted by Crippen LogP contribution is 2.38. The van der Waals surface area contributed by atoms with E-state index >= 15 is 0 Å². The maximum atomic E-state index is 11.3. The molecule has 130 valence electrons. The highest BCUT2D eigenvalue weighted by Gasteiger charge is 2.31. The van der Waals surface area contributed by atoms with Gasteiger partial charge in [-0.2, -0.15) is 0 Å². The quantitative estimate of drug-likeness (QED) is 0.725. The molecule has 1 rings (SSSR count). The number of hydrogen-bond donors (Lipinski definition) is 2. The van der Waals surface area contributed by atoms with Crippen molar-refractivity contribution in [2.24, 2.45) is 11.7 Å². The molecule has 2 atom stereocenters. The lowest BCUT2D eigenvalue weighted by molar-refractivity contribution is -0.143. The zero-order valence-electron chi connectivity index (χ0n) is 14.5. The van der Waals surface area contributed by atoms with Gasteiger partial charge in [0.1, 0.15) is 11.3 Å². The van der Waals surface area contributed by atoms with Crippen LogP contribution in [-0.4, -0.2) is 37.9 Å². The van der Waals surface area contributed by atoms with Crippen molar-refractivity contribution in [1.82, 2.24) is 0 Å². The minimum atomic E-state index is -1.25. The Bertz CT molecular complexity index is 542. The van der Waals surface area contributed by atoms with Gasteiger partial charge >= 0.3 is 5.97 Å². The first-order valence-electron chi connectivity index (χ1n) is 7.60. The minimum Gasteiger partial charge on any atom is -0.497 e. The summed E-state index contributed by atoms with van der Waals surface area (Å²) in [4.78, 5) is 11.3. The molecule has 0 heterocycles. The molecule has 1 aromatic rings. The fraction of sp³-hybridized carbons (Fsp3) is 0.588. The molecular weight excluding hydrogens is 298 g/mol. The number of nitrogens with two attached hydrogens (primary N) is 1. The summed E-state index contributed by atoms with van der Waals surface area (Å²) in [7, 11) is 4.74. The third kappa shape index (κ3) is 4.76. The van der Waals surface area contributed by atoms with Gasteiger partial charge in [0.2, 0.25) is 0 Å². The van der Waals surface area contributed by atoms with Gasteiger partial charge in [-0.3, -0.25) is 4.79 Å². The van der Waals surface area contributed by atoms with Crippen molar-refractivity contribution < 1.29 is 24.1 Å². The van der Waals surface area contributed by atoms with Gasteiger partial charge in [-0.15, -0.1) is 0 Å². The standard InChI is InChI=1S/C17H27NO5/c1-6-11(10-17(2,18)16(19)20)7-12-8-13(21-3)9-14(22-4)15(12)23-5/h8-9,11H,6-7,10,18H2,1-5H3,(H,19,20). The molecular formula is C17H27NO5. The van der Waals surface area contributed by atoms with Crippen LogP contribution in [0.3, 0.4) is 0 Å². The second-order valence-electron chi connectivity index (χ2n) is 5.93. The summed E-state index contributed by atoms with van der Waals surface area (Å²) in [5.74, 6) is 1.01. The molecule has 3 N–H and O–H groups in total. The molecule has 0 aliphatic rings. The second-order valence-corrected chi connectivity index (χ2v) is 5.93. The zero-order chi connectivity index (χ0) is 17.6. The normalized spacial score (nSPS) is 14.7. The molecule has 2 unspecified atom stereocenters. The van der Waals surface area contributed by atoms with E-state index in [1.54, 1.807) is 34.3 Å². The number of rotatable bonds is 9. The van der Waals surface area contributed by atoms with Crippen LogP contribution in [0.5, 0.6) is 17.2 Å². The number of aliphatic carboxylic acids is 1. The van der Waals surface area contributed by atoms with Gasteiger partial charge in [-0.1, -0.05) is 13.3 Å². The molecule has 23 heavy (non-hydrogen) atoms. The lowest BCUT2D eigenvalue weighted by Gasteiger charge is -2.26. The third-order valence-electron chi connectivity index (χ3n) is 4.05. The maximum Gasteiger partial charge on any atom is 0.323 e. The van der Waals surface area contributed by atoms with Gasteiger partial charge in [0.15, 0.2) is 11.5 Å². The van der Waals surface area contributed by atoms with Crippen molar-refractivity contribution >= 4 is 5.97 Å². The molecule has 0 bridgehead atoms. The Kier molecular flexibility index (Phi) is 6.69. The Hall–Kier alpha value is -1.95. The Morgan fingerprint density at radius 1 is 1.26 bits per heavy atom. The number of carboxylic acid groups (broad SMARTS) is 1. The zero-order valence-corrected chi connectivity index (χ0v) is 14.5. The van der Waals surface area contributed by atoms with E-state index in [2.05, 4.69) is 0 Å². The third-order valence-corrected chi connectivity index (χ3v) is 4.05. The summed E-state index contributed by atoms with van der Waals surface area (Å²) in [5.41, 5.74) is 5.55. The van der Waals surface area contributed by atoms with Gasteiger partial charge in [-0.25, -0.2) is 0 Å². The van der Waals surface area contributed by atoms with Crippen LogP contribution in [0.25, 0.3) is 0 Å². The number of carbonyl (C=O) groups is 1. The van der Waals surface area contributed by atoms with Gasteiger partial charge < -0.3 is 25.1 Å². The average Bonchev–Trinajstić information content (AvgIpc) is 2.52. The molecule has 0 aliphatic heterocycles. The largest absolute Gasteiger partial charge is 0.497 e. The Balaban J connectivity index is 3.11. The molecule has 0 saturated carbocycles. The van der Waals surface area contributed by atoms with Gasteiger partial charge in [0.05, 0.1) is 21.3 Å². The summed E-state index contributed by atoms with van der Waals surface area (Å²) in [6, 6.07) is 3.65. The van der Waals surface area contributed by atoms with Crippen LogP contribution in [0, 0.1) is 5.92 Å². The number of ether oxygens (including phenoxy) is 3. The SMILES string of the molecule is CCC(Cc1cc(OC)cc(OC)c1OC)CC(C)(N)C(=O)O. The summed E-state index contributed by atoms with van der Waals surface area (Å²) >= 11 is 0. The maximum absolute atomic E-state index is 11.3. The molecule has 6 heteroatoms. The molecule has 0 aliphatic carbocycles. The van der Waals surface area contributed by atoms with Crippen molar-refractivity contribution in [3.8, 4) is 17.2 Å². The van der Waals surface area contributed by atoms with Crippen LogP contribution >= 0.6 is 0 Å². The smallest absolute Gasteiger partial charge is 0.323 e. The summed E-state index contributed by atoms with van der Waals surface area (Å²) in [5, 5.41) is 9.23. The molecule has 0 radical (unpaired) electrons. The van der Waals surface area contributed by atoms with E-state index < -0.39 is 11.5 Å². The van der Waals surface area contributed by atoms with E-state index in [-0.39, 0.29) is 5.92 Å². The summed E-state index contributed by atoms with van der Waals surface area (Å²) < 4.78 is 16.1. The first-order chi connectivity index (χ1) is 10.8. The van der Waals surface area contributed by atoms with Crippen molar-refractivity contribution in [2.75, 3.05) is 21.3 Å². The topological polar surface area (TPSA) is 91.0 Å². The number of carboxylic acids is 1. The molecule has 0 saturated heterocycles. The monoisotopic (exact) mass is 325 g/mol. The van der Waals surface area contributed by atoms with Crippen LogP contribution in [0.1, 0.15) is 32.3 Å². The molecule has 0 aromatic heterocycles.